The van der Waals surface area contributed by atoms with Crippen molar-refractivity contribution in [2.45, 2.75) is 19.3 Å². The number of allylic oxidation sites excluding steroid dienone is 1. The van der Waals surface area contributed by atoms with Crippen LogP contribution in [0.1, 0.15) is 24.8 Å². The predicted octanol–water partition coefficient (Wildman–Crippen LogP) is 2.69. The van der Waals surface area contributed by atoms with Gasteiger partial charge in [0.05, 0.1) is 21.6 Å². The highest BCUT2D eigenvalue weighted by molar-refractivity contribution is 8.03. The Labute approximate surface area is 126 Å². The lowest BCUT2D eigenvalue weighted by molar-refractivity contribution is -0.384. The van der Waals surface area contributed by atoms with Gasteiger partial charge in [-0.25, -0.2) is 0 Å². The Bertz CT molecular complexity index is 646. The van der Waals surface area contributed by atoms with Crippen LogP contribution in [0.25, 0.3) is 0 Å². The summed E-state index contributed by atoms with van der Waals surface area (Å²) in [5, 5.41) is 23.3. The van der Waals surface area contributed by atoms with Gasteiger partial charge in [-0.1, -0.05) is 19.1 Å². The van der Waals surface area contributed by atoms with Gasteiger partial charge in [-0.3, -0.25) is 14.9 Å². The molecule has 1 aliphatic rings. The number of benzene rings is 1. The van der Waals surface area contributed by atoms with Gasteiger partial charge in [-0.15, -0.1) is 11.8 Å². The van der Waals surface area contributed by atoms with Gasteiger partial charge in [0, 0.05) is 24.5 Å². The van der Waals surface area contributed by atoms with E-state index in [0.29, 0.717) is 10.6 Å². The molecular formula is C14H13N3O3S. The fourth-order valence-electron chi connectivity index (χ4n) is 2.19. The van der Waals surface area contributed by atoms with Crippen molar-refractivity contribution in [3.05, 3.63) is 50.5 Å². The second-order valence-electron chi connectivity index (χ2n) is 4.44. The summed E-state index contributed by atoms with van der Waals surface area (Å²) in [4.78, 5) is 22.0. The number of nitrogens with one attached hydrogen (secondary N) is 1. The Hall–Kier alpha value is -2.33. The average molecular weight is 303 g/mol. The summed E-state index contributed by atoms with van der Waals surface area (Å²) in [6.07, 6.45) is 0.175. The largest absolute Gasteiger partial charge is 0.320 e. The van der Waals surface area contributed by atoms with Gasteiger partial charge in [-0.05, 0) is 11.3 Å². The molecule has 1 atom stereocenters. The van der Waals surface area contributed by atoms with E-state index in [2.05, 4.69) is 11.4 Å². The van der Waals surface area contributed by atoms with Crippen LogP contribution in [0.5, 0.6) is 0 Å². The average Bonchev–Trinajstić information content (AvgIpc) is 2.47. The van der Waals surface area contributed by atoms with Crippen molar-refractivity contribution >= 4 is 23.4 Å². The Morgan fingerprint density at radius 1 is 1.48 bits per heavy atom. The third-order valence-corrected chi connectivity index (χ3v) is 4.05. The van der Waals surface area contributed by atoms with Crippen molar-refractivity contribution in [3.8, 4) is 6.07 Å². The number of non-ortho nitro benzene ring substituents is 1. The molecular weight excluding hydrogens is 290 g/mol. The molecule has 0 aromatic heterocycles. The van der Waals surface area contributed by atoms with Crippen LogP contribution in [-0.2, 0) is 4.79 Å². The number of nitriles is 1. The highest BCUT2D eigenvalue weighted by Crippen LogP contribution is 2.36. The summed E-state index contributed by atoms with van der Waals surface area (Å²) < 4.78 is 0. The minimum absolute atomic E-state index is 0.00958. The van der Waals surface area contributed by atoms with E-state index in [1.165, 1.54) is 23.9 Å². The lowest BCUT2D eigenvalue weighted by atomic mass is 9.87. The normalized spacial score (nSPS) is 18.1. The van der Waals surface area contributed by atoms with Crippen LogP contribution in [0.3, 0.4) is 0 Å². The smallest absolute Gasteiger partial charge is 0.269 e. The molecule has 1 amide bonds. The summed E-state index contributed by atoms with van der Waals surface area (Å²) in [5.74, 6) is 0.250. The Morgan fingerprint density at radius 2 is 2.14 bits per heavy atom. The van der Waals surface area contributed by atoms with Crippen LogP contribution < -0.4 is 5.32 Å². The molecule has 1 N–H and O–H groups in total. The SMILES string of the molecule is CCSC1=C(C#N)[C@H](c2ccc([N+](=O)[O-])cc2)CC(=O)N1. The van der Waals surface area contributed by atoms with Crippen molar-refractivity contribution in [1.82, 2.24) is 5.32 Å². The number of nitro groups is 1. The highest BCUT2D eigenvalue weighted by atomic mass is 32.2. The molecule has 1 heterocycles. The van der Waals surface area contributed by atoms with E-state index in [1.807, 2.05) is 6.92 Å². The molecule has 0 unspecified atom stereocenters. The molecule has 21 heavy (non-hydrogen) atoms. The molecule has 0 radical (unpaired) electrons. The maximum Gasteiger partial charge on any atom is 0.269 e. The Balaban J connectivity index is 2.40. The van der Waals surface area contributed by atoms with E-state index in [-0.39, 0.29) is 23.9 Å². The fraction of sp³-hybridized carbons (Fsp3) is 0.286. The van der Waals surface area contributed by atoms with Crippen molar-refractivity contribution in [3.63, 3.8) is 0 Å². The molecule has 2 rings (SSSR count). The number of carbonyl (C=O) groups is 1. The van der Waals surface area contributed by atoms with Crippen LogP contribution >= 0.6 is 11.8 Å². The standard InChI is InChI=1S/C14H13N3O3S/c1-2-21-14-12(8-15)11(7-13(18)16-14)9-3-5-10(6-4-9)17(19)20/h3-6,11H,2,7H2,1H3,(H,16,18)/t11-/m0/s1. The lowest BCUT2D eigenvalue weighted by Crippen LogP contribution is -2.30. The van der Waals surface area contributed by atoms with E-state index < -0.39 is 4.92 Å². The topological polar surface area (TPSA) is 96.0 Å². The van der Waals surface area contributed by atoms with Gasteiger partial charge < -0.3 is 5.32 Å². The summed E-state index contributed by atoms with van der Waals surface area (Å²) in [7, 11) is 0. The third-order valence-electron chi connectivity index (χ3n) is 3.15. The number of nitro benzene ring substituents is 1. The summed E-state index contributed by atoms with van der Waals surface area (Å²) in [6.45, 7) is 1.94. The van der Waals surface area contributed by atoms with Crippen molar-refractivity contribution in [1.29, 1.82) is 5.26 Å². The number of carbonyl (C=O) groups excluding carboxylic acids is 1. The zero-order chi connectivity index (χ0) is 15.4. The first-order valence-electron chi connectivity index (χ1n) is 6.38. The predicted molar refractivity (Wildman–Crippen MR) is 79.4 cm³/mol. The number of hydrogen-bond acceptors (Lipinski definition) is 5. The molecule has 108 valence electrons. The molecule has 0 saturated heterocycles. The summed E-state index contributed by atoms with van der Waals surface area (Å²) >= 11 is 1.41. The fourth-order valence-corrected chi connectivity index (χ4v) is 3.01. The molecule has 0 bridgehead atoms. The Morgan fingerprint density at radius 3 is 2.67 bits per heavy atom. The number of hydrogen-bond donors (Lipinski definition) is 1. The molecule has 1 aliphatic heterocycles. The third kappa shape index (κ3) is 3.23. The van der Waals surface area contributed by atoms with Crippen molar-refractivity contribution < 1.29 is 9.72 Å². The zero-order valence-corrected chi connectivity index (χ0v) is 12.1. The highest BCUT2D eigenvalue weighted by Gasteiger charge is 2.29. The first kappa shape index (κ1) is 15.1. The molecule has 0 aliphatic carbocycles. The minimum Gasteiger partial charge on any atom is -0.320 e. The first-order chi connectivity index (χ1) is 10.1. The maximum absolute atomic E-state index is 11.8. The van der Waals surface area contributed by atoms with Gasteiger partial charge in [0.15, 0.2) is 0 Å². The number of amides is 1. The van der Waals surface area contributed by atoms with Gasteiger partial charge >= 0.3 is 0 Å². The van der Waals surface area contributed by atoms with Gasteiger partial charge in [0.2, 0.25) is 5.91 Å². The van der Waals surface area contributed by atoms with Crippen molar-refractivity contribution in [2.24, 2.45) is 0 Å². The summed E-state index contributed by atoms with van der Waals surface area (Å²) in [6, 6.07) is 8.15. The molecule has 7 heteroatoms. The zero-order valence-electron chi connectivity index (χ0n) is 11.3. The van der Waals surface area contributed by atoms with E-state index in [9.17, 15) is 20.2 Å². The van der Waals surface area contributed by atoms with Gasteiger partial charge in [0.25, 0.3) is 5.69 Å². The maximum atomic E-state index is 11.8. The summed E-state index contributed by atoms with van der Waals surface area (Å²) in [5.41, 5.74) is 1.24. The number of rotatable bonds is 4. The lowest BCUT2D eigenvalue weighted by Gasteiger charge is -2.24. The number of nitrogens with zero attached hydrogens (tertiary/aromatic N) is 2. The molecule has 0 fully saturated rings. The second-order valence-corrected chi connectivity index (χ2v) is 5.72. The second kappa shape index (κ2) is 6.41. The quantitative estimate of drug-likeness (QED) is 0.681. The van der Waals surface area contributed by atoms with E-state index >= 15 is 0 Å². The Kier molecular flexibility index (Phi) is 4.60. The molecule has 0 spiro atoms. The van der Waals surface area contributed by atoms with Crippen LogP contribution in [0.4, 0.5) is 5.69 Å². The minimum atomic E-state index is -0.475. The van der Waals surface area contributed by atoms with E-state index in [4.69, 9.17) is 0 Å². The van der Waals surface area contributed by atoms with Crippen LogP contribution in [0, 0.1) is 21.4 Å². The molecule has 1 aromatic carbocycles. The monoisotopic (exact) mass is 303 g/mol. The van der Waals surface area contributed by atoms with Gasteiger partial charge in [0.1, 0.15) is 0 Å². The van der Waals surface area contributed by atoms with Crippen LogP contribution in [0.2, 0.25) is 0 Å². The first-order valence-corrected chi connectivity index (χ1v) is 7.36. The van der Waals surface area contributed by atoms with E-state index in [0.717, 1.165) is 11.3 Å². The molecule has 0 saturated carbocycles. The van der Waals surface area contributed by atoms with Crippen molar-refractivity contribution in [2.75, 3.05) is 5.75 Å². The number of thioether (sulfide) groups is 1. The molecule has 6 nitrogen and oxygen atoms in total. The van der Waals surface area contributed by atoms with Gasteiger partial charge in [-0.2, -0.15) is 5.26 Å². The van der Waals surface area contributed by atoms with Crippen LogP contribution in [-0.4, -0.2) is 16.6 Å². The molecule has 1 aromatic rings. The van der Waals surface area contributed by atoms with Crippen LogP contribution in [0.15, 0.2) is 34.9 Å². The van der Waals surface area contributed by atoms with E-state index in [1.54, 1.807) is 12.1 Å².